The average Bonchev–Trinajstić information content (AvgIpc) is 3.07. The SMILES string of the molecule is COC1CN(CC(CO)NC2CC2)CC1OC. The molecule has 1 saturated heterocycles. The number of methoxy groups -OCH3 is 2. The fourth-order valence-corrected chi connectivity index (χ4v) is 2.48. The fourth-order valence-electron chi connectivity index (χ4n) is 2.48. The van der Waals surface area contributed by atoms with Crippen LogP contribution in [0, 0.1) is 0 Å². The highest BCUT2D eigenvalue weighted by Crippen LogP contribution is 2.20. The molecule has 1 saturated carbocycles. The van der Waals surface area contributed by atoms with E-state index in [2.05, 4.69) is 10.2 Å². The predicted octanol–water partition coefficient (Wildman–Crippen LogP) is -0.555. The van der Waals surface area contributed by atoms with Crippen molar-refractivity contribution < 1.29 is 14.6 Å². The molecule has 100 valence electrons. The third kappa shape index (κ3) is 3.63. The van der Waals surface area contributed by atoms with Gasteiger partial charge in [-0.1, -0.05) is 0 Å². The number of nitrogens with zero attached hydrogens (tertiary/aromatic N) is 1. The maximum atomic E-state index is 9.36. The third-order valence-electron chi connectivity index (χ3n) is 3.64. The van der Waals surface area contributed by atoms with E-state index in [9.17, 15) is 5.11 Å². The van der Waals surface area contributed by atoms with Crippen molar-refractivity contribution in [1.82, 2.24) is 10.2 Å². The summed E-state index contributed by atoms with van der Waals surface area (Å²) in [6, 6.07) is 0.807. The summed E-state index contributed by atoms with van der Waals surface area (Å²) in [5, 5.41) is 12.8. The number of ether oxygens (including phenoxy) is 2. The Bertz CT molecular complexity index is 224. The van der Waals surface area contributed by atoms with Crippen molar-refractivity contribution in [2.24, 2.45) is 0 Å². The summed E-state index contributed by atoms with van der Waals surface area (Å²) in [5.74, 6) is 0. The first-order chi connectivity index (χ1) is 8.26. The molecule has 0 bridgehead atoms. The van der Waals surface area contributed by atoms with Crippen LogP contribution >= 0.6 is 0 Å². The second-order valence-corrected chi connectivity index (χ2v) is 5.09. The molecule has 0 aromatic heterocycles. The molecule has 1 aliphatic carbocycles. The Hall–Kier alpha value is -0.200. The molecule has 17 heavy (non-hydrogen) atoms. The number of hydrogen-bond acceptors (Lipinski definition) is 5. The Kier molecular flexibility index (Phi) is 4.76. The van der Waals surface area contributed by atoms with E-state index in [0.717, 1.165) is 19.6 Å². The quantitative estimate of drug-likeness (QED) is 0.629. The van der Waals surface area contributed by atoms with Crippen LogP contribution in [0.1, 0.15) is 12.8 Å². The van der Waals surface area contributed by atoms with Gasteiger partial charge in [0.2, 0.25) is 0 Å². The zero-order chi connectivity index (χ0) is 12.3. The van der Waals surface area contributed by atoms with Gasteiger partial charge >= 0.3 is 0 Å². The highest BCUT2D eigenvalue weighted by atomic mass is 16.5. The number of likely N-dealkylation sites (tertiary alicyclic amines) is 1. The van der Waals surface area contributed by atoms with Gasteiger partial charge in [0.1, 0.15) is 0 Å². The van der Waals surface area contributed by atoms with Crippen molar-refractivity contribution in [3.05, 3.63) is 0 Å². The maximum Gasteiger partial charge on any atom is 0.0971 e. The topological polar surface area (TPSA) is 54.0 Å². The molecule has 0 spiro atoms. The molecule has 5 nitrogen and oxygen atoms in total. The molecular weight excluding hydrogens is 220 g/mol. The maximum absolute atomic E-state index is 9.36. The summed E-state index contributed by atoms with van der Waals surface area (Å²) >= 11 is 0. The number of aliphatic hydroxyl groups excluding tert-OH is 1. The second-order valence-electron chi connectivity index (χ2n) is 5.09. The van der Waals surface area contributed by atoms with Crippen LogP contribution in [-0.2, 0) is 9.47 Å². The van der Waals surface area contributed by atoms with Gasteiger partial charge in [0.05, 0.1) is 18.8 Å². The predicted molar refractivity (Wildman–Crippen MR) is 65.1 cm³/mol. The highest BCUT2D eigenvalue weighted by Gasteiger charge is 2.34. The smallest absolute Gasteiger partial charge is 0.0971 e. The summed E-state index contributed by atoms with van der Waals surface area (Å²) in [4.78, 5) is 2.30. The van der Waals surface area contributed by atoms with Crippen LogP contribution in [0.2, 0.25) is 0 Å². The zero-order valence-electron chi connectivity index (χ0n) is 10.8. The lowest BCUT2D eigenvalue weighted by Crippen LogP contribution is -2.44. The van der Waals surface area contributed by atoms with E-state index in [1.807, 2.05) is 0 Å². The van der Waals surface area contributed by atoms with Gasteiger partial charge in [0.25, 0.3) is 0 Å². The fraction of sp³-hybridized carbons (Fsp3) is 1.00. The van der Waals surface area contributed by atoms with Crippen LogP contribution in [0.25, 0.3) is 0 Å². The Morgan fingerprint density at radius 1 is 1.24 bits per heavy atom. The van der Waals surface area contributed by atoms with E-state index in [1.165, 1.54) is 12.8 Å². The number of rotatable bonds is 7. The summed E-state index contributed by atoms with van der Waals surface area (Å²) in [5.41, 5.74) is 0. The van der Waals surface area contributed by atoms with Crippen molar-refractivity contribution in [1.29, 1.82) is 0 Å². The van der Waals surface area contributed by atoms with E-state index in [-0.39, 0.29) is 24.9 Å². The van der Waals surface area contributed by atoms with Crippen molar-refractivity contribution in [2.45, 2.75) is 37.1 Å². The Morgan fingerprint density at radius 3 is 2.24 bits per heavy atom. The minimum absolute atomic E-state index is 0.153. The molecule has 0 aromatic rings. The summed E-state index contributed by atoms with van der Waals surface area (Å²) in [6.07, 6.45) is 2.80. The van der Waals surface area contributed by atoms with E-state index >= 15 is 0 Å². The number of hydrogen-bond donors (Lipinski definition) is 2. The van der Waals surface area contributed by atoms with E-state index < -0.39 is 0 Å². The van der Waals surface area contributed by atoms with Crippen LogP contribution in [0.3, 0.4) is 0 Å². The average molecular weight is 244 g/mol. The van der Waals surface area contributed by atoms with Gasteiger partial charge in [-0.25, -0.2) is 0 Å². The lowest BCUT2D eigenvalue weighted by Gasteiger charge is -2.23. The minimum atomic E-state index is 0.153. The van der Waals surface area contributed by atoms with Gasteiger partial charge in [-0.3, -0.25) is 4.90 Å². The monoisotopic (exact) mass is 244 g/mol. The lowest BCUT2D eigenvalue weighted by atomic mass is 10.3. The van der Waals surface area contributed by atoms with Crippen molar-refractivity contribution in [3.8, 4) is 0 Å². The van der Waals surface area contributed by atoms with Crippen LogP contribution in [-0.4, -0.2) is 74.8 Å². The molecular formula is C12H24N2O3. The first-order valence-corrected chi connectivity index (χ1v) is 6.41. The molecule has 1 heterocycles. The van der Waals surface area contributed by atoms with E-state index in [0.29, 0.717) is 6.04 Å². The summed E-state index contributed by atoms with van der Waals surface area (Å²) in [6.45, 7) is 2.84. The van der Waals surface area contributed by atoms with E-state index in [4.69, 9.17) is 9.47 Å². The van der Waals surface area contributed by atoms with Gasteiger partial charge in [0.15, 0.2) is 0 Å². The summed E-state index contributed by atoms with van der Waals surface area (Å²) in [7, 11) is 3.46. The van der Waals surface area contributed by atoms with Crippen LogP contribution in [0.5, 0.6) is 0 Å². The first-order valence-electron chi connectivity index (χ1n) is 6.41. The normalized spacial score (nSPS) is 31.9. The molecule has 2 rings (SSSR count). The molecule has 2 N–H and O–H groups in total. The minimum Gasteiger partial charge on any atom is -0.395 e. The molecule has 2 aliphatic rings. The molecule has 0 aromatic carbocycles. The van der Waals surface area contributed by atoms with Gasteiger partial charge in [-0.05, 0) is 12.8 Å². The first kappa shape index (κ1) is 13.2. The zero-order valence-corrected chi connectivity index (χ0v) is 10.8. The highest BCUT2D eigenvalue weighted by molar-refractivity contribution is 4.90. The third-order valence-corrected chi connectivity index (χ3v) is 3.64. The summed E-state index contributed by atoms with van der Waals surface area (Å²) < 4.78 is 10.8. The molecule has 3 atom stereocenters. The molecule has 5 heteroatoms. The van der Waals surface area contributed by atoms with Crippen LogP contribution in [0.4, 0.5) is 0 Å². The molecule has 3 unspecified atom stereocenters. The van der Waals surface area contributed by atoms with Gasteiger partial charge in [-0.15, -0.1) is 0 Å². The van der Waals surface area contributed by atoms with Gasteiger partial charge in [0, 0.05) is 45.9 Å². The lowest BCUT2D eigenvalue weighted by molar-refractivity contribution is -0.00461. The number of nitrogens with one attached hydrogen (secondary N) is 1. The largest absolute Gasteiger partial charge is 0.395 e. The van der Waals surface area contributed by atoms with Crippen molar-refractivity contribution >= 4 is 0 Å². The Balaban J connectivity index is 1.77. The Labute approximate surface area is 103 Å². The molecule has 0 amide bonds. The van der Waals surface area contributed by atoms with Crippen LogP contribution < -0.4 is 5.32 Å². The molecule has 1 aliphatic heterocycles. The van der Waals surface area contributed by atoms with E-state index in [1.54, 1.807) is 14.2 Å². The standard InChI is InChI=1S/C12H24N2O3/c1-16-11-6-14(7-12(11)17-2)5-10(8-15)13-9-3-4-9/h9-13,15H,3-8H2,1-2H3. The molecule has 0 radical (unpaired) electrons. The Morgan fingerprint density at radius 2 is 1.82 bits per heavy atom. The molecule has 2 fully saturated rings. The van der Waals surface area contributed by atoms with Gasteiger partial charge in [-0.2, -0.15) is 0 Å². The van der Waals surface area contributed by atoms with Crippen molar-refractivity contribution in [2.75, 3.05) is 40.5 Å². The van der Waals surface area contributed by atoms with Gasteiger partial charge < -0.3 is 19.9 Å². The number of aliphatic hydroxyl groups is 1. The van der Waals surface area contributed by atoms with Crippen LogP contribution in [0.15, 0.2) is 0 Å². The second kappa shape index (κ2) is 6.11. The van der Waals surface area contributed by atoms with Crippen molar-refractivity contribution in [3.63, 3.8) is 0 Å².